The fraction of sp³-hybridized carbons (Fsp3) is 0.429. The zero-order chi connectivity index (χ0) is 20.5. The van der Waals surface area contributed by atoms with Gasteiger partial charge in [0.2, 0.25) is 5.88 Å². The third-order valence-corrected chi connectivity index (χ3v) is 5.57. The molecule has 3 aromatic rings. The number of fused-ring (bicyclic) bond motifs is 1. The molecule has 2 heterocycles. The van der Waals surface area contributed by atoms with Gasteiger partial charge in [0, 0.05) is 24.7 Å². The fourth-order valence-corrected chi connectivity index (χ4v) is 4.08. The van der Waals surface area contributed by atoms with Crippen molar-refractivity contribution >= 4 is 16.8 Å². The molecule has 0 bridgehead atoms. The molecule has 2 aromatic heterocycles. The third kappa shape index (κ3) is 3.74. The highest BCUT2D eigenvalue weighted by atomic mass is 16.5. The van der Waals surface area contributed by atoms with Gasteiger partial charge in [-0.2, -0.15) is 10.2 Å². The Morgan fingerprint density at radius 3 is 2.62 bits per heavy atom. The average molecular weight is 395 g/mol. The second kappa shape index (κ2) is 7.69. The maximum Gasteiger partial charge on any atom is 0.267 e. The number of aromatic nitrogens is 4. The highest BCUT2D eigenvalue weighted by molar-refractivity contribution is 5.98. The summed E-state index contributed by atoms with van der Waals surface area (Å²) < 4.78 is 8.61. The molecule has 4 rings (SSSR count). The molecule has 1 aliphatic carbocycles. The van der Waals surface area contributed by atoms with Gasteiger partial charge in [0.1, 0.15) is 0 Å². The normalized spacial score (nSPS) is 19.3. The summed E-state index contributed by atoms with van der Waals surface area (Å²) in [6.45, 7) is 1.88. The van der Waals surface area contributed by atoms with Gasteiger partial charge in [-0.05, 0) is 56.9 Å². The predicted molar refractivity (Wildman–Crippen MR) is 109 cm³/mol. The van der Waals surface area contributed by atoms with Crippen LogP contribution in [0.25, 0.3) is 10.9 Å². The third-order valence-electron chi connectivity index (χ3n) is 5.57. The van der Waals surface area contributed by atoms with Crippen molar-refractivity contribution in [3.63, 3.8) is 0 Å². The van der Waals surface area contributed by atoms with Crippen molar-refractivity contribution in [3.05, 3.63) is 51.9 Å². The topological polar surface area (TPSA) is 91.0 Å². The highest BCUT2D eigenvalue weighted by Crippen LogP contribution is 2.28. The minimum absolute atomic E-state index is 0.0674. The molecule has 0 spiro atoms. The molecule has 1 N–H and O–H groups in total. The van der Waals surface area contributed by atoms with Crippen molar-refractivity contribution in [2.75, 3.05) is 7.11 Å². The number of methoxy groups -OCH3 is 1. The molecule has 1 amide bonds. The van der Waals surface area contributed by atoms with Crippen LogP contribution in [-0.2, 0) is 7.05 Å². The first kappa shape index (κ1) is 19.2. The van der Waals surface area contributed by atoms with Gasteiger partial charge in [0.25, 0.3) is 11.5 Å². The minimum Gasteiger partial charge on any atom is -0.481 e. The number of hydrogen-bond donors (Lipinski definition) is 1. The Bertz CT molecular complexity index is 1110. The largest absolute Gasteiger partial charge is 0.481 e. The molecule has 8 nitrogen and oxygen atoms in total. The lowest BCUT2D eigenvalue weighted by atomic mass is 9.91. The molecule has 1 saturated carbocycles. The van der Waals surface area contributed by atoms with Crippen LogP contribution in [0.15, 0.2) is 35.1 Å². The first-order chi connectivity index (χ1) is 14.0. The van der Waals surface area contributed by atoms with Crippen LogP contribution in [0.4, 0.5) is 0 Å². The molecule has 0 unspecified atom stereocenters. The quantitative estimate of drug-likeness (QED) is 0.732. The summed E-state index contributed by atoms with van der Waals surface area (Å²) in [5.74, 6) is 0.566. The number of carbonyl (C=O) groups is 1. The van der Waals surface area contributed by atoms with Crippen LogP contribution in [0.1, 0.15) is 47.8 Å². The second-order valence-corrected chi connectivity index (χ2v) is 7.60. The lowest BCUT2D eigenvalue weighted by Gasteiger charge is -2.29. The molecule has 1 fully saturated rings. The molecule has 1 aliphatic rings. The number of carbonyl (C=O) groups excluding carboxylic acids is 1. The number of aryl methyl sites for hydroxylation is 2. The van der Waals surface area contributed by atoms with Crippen molar-refractivity contribution in [3.8, 4) is 5.88 Å². The maximum absolute atomic E-state index is 12.7. The van der Waals surface area contributed by atoms with Crippen LogP contribution in [0.3, 0.4) is 0 Å². The van der Waals surface area contributed by atoms with Crippen molar-refractivity contribution in [1.82, 2.24) is 24.9 Å². The summed E-state index contributed by atoms with van der Waals surface area (Å²) in [5.41, 5.74) is 2.08. The Hall–Kier alpha value is -3.16. The van der Waals surface area contributed by atoms with Gasteiger partial charge in [-0.3, -0.25) is 9.59 Å². The van der Waals surface area contributed by atoms with E-state index in [0.717, 1.165) is 42.3 Å². The van der Waals surface area contributed by atoms with Gasteiger partial charge in [0.15, 0.2) is 0 Å². The SMILES string of the molecule is COc1c2ccc(C(=O)NC3CCC(n4nc(C)ccc4=O)CC3)cc2nn1C. The number of ether oxygens (including phenoxy) is 1. The van der Waals surface area contributed by atoms with E-state index in [2.05, 4.69) is 15.5 Å². The molecule has 0 radical (unpaired) electrons. The van der Waals surface area contributed by atoms with Crippen molar-refractivity contribution < 1.29 is 9.53 Å². The Morgan fingerprint density at radius 1 is 1.14 bits per heavy atom. The number of benzene rings is 1. The van der Waals surface area contributed by atoms with Crippen LogP contribution in [0.2, 0.25) is 0 Å². The van der Waals surface area contributed by atoms with Crippen LogP contribution in [-0.4, -0.2) is 38.6 Å². The molecule has 0 atom stereocenters. The molecule has 152 valence electrons. The summed E-state index contributed by atoms with van der Waals surface area (Å²) in [4.78, 5) is 24.8. The van der Waals surface area contributed by atoms with Gasteiger partial charge in [0.05, 0.1) is 29.7 Å². The number of rotatable bonds is 4. The van der Waals surface area contributed by atoms with E-state index in [1.54, 1.807) is 40.7 Å². The van der Waals surface area contributed by atoms with Crippen molar-refractivity contribution in [1.29, 1.82) is 0 Å². The Kier molecular flexibility index (Phi) is 5.08. The summed E-state index contributed by atoms with van der Waals surface area (Å²) in [5, 5.41) is 12.8. The number of hydrogen-bond acceptors (Lipinski definition) is 5. The summed E-state index contributed by atoms with van der Waals surface area (Å²) in [7, 11) is 3.42. The van der Waals surface area contributed by atoms with E-state index >= 15 is 0 Å². The van der Waals surface area contributed by atoms with E-state index in [4.69, 9.17) is 4.74 Å². The number of nitrogens with one attached hydrogen (secondary N) is 1. The van der Waals surface area contributed by atoms with Gasteiger partial charge >= 0.3 is 0 Å². The van der Waals surface area contributed by atoms with E-state index in [1.807, 2.05) is 20.0 Å². The van der Waals surface area contributed by atoms with Crippen molar-refractivity contribution in [2.24, 2.45) is 7.05 Å². The average Bonchev–Trinajstić information content (AvgIpc) is 3.04. The van der Waals surface area contributed by atoms with E-state index in [1.165, 1.54) is 0 Å². The molecule has 0 aliphatic heterocycles. The van der Waals surface area contributed by atoms with Gasteiger partial charge in [-0.25, -0.2) is 9.36 Å². The van der Waals surface area contributed by atoms with E-state index in [-0.39, 0.29) is 23.6 Å². The van der Waals surface area contributed by atoms with Gasteiger partial charge in [-0.1, -0.05) is 0 Å². The number of nitrogens with zero attached hydrogens (tertiary/aromatic N) is 4. The van der Waals surface area contributed by atoms with E-state index < -0.39 is 0 Å². The smallest absolute Gasteiger partial charge is 0.267 e. The Balaban J connectivity index is 1.41. The highest BCUT2D eigenvalue weighted by Gasteiger charge is 2.25. The molecule has 29 heavy (non-hydrogen) atoms. The van der Waals surface area contributed by atoms with Crippen LogP contribution >= 0.6 is 0 Å². The Morgan fingerprint density at radius 2 is 1.90 bits per heavy atom. The van der Waals surface area contributed by atoms with E-state index in [9.17, 15) is 9.59 Å². The lowest BCUT2D eigenvalue weighted by Crippen LogP contribution is -2.39. The van der Waals surface area contributed by atoms with Crippen LogP contribution in [0, 0.1) is 6.92 Å². The van der Waals surface area contributed by atoms with Crippen molar-refractivity contribution in [2.45, 2.75) is 44.7 Å². The van der Waals surface area contributed by atoms with Gasteiger partial charge in [-0.15, -0.1) is 0 Å². The summed E-state index contributed by atoms with van der Waals surface area (Å²) in [6, 6.07) is 8.93. The molecule has 0 saturated heterocycles. The fourth-order valence-electron chi connectivity index (χ4n) is 4.08. The zero-order valence-electron chi connectivity index (χ0n) is 16.9. The monoisotopic (exact) mass is 395 g/mol. The second-order valence-electron chi connectivity index (χ2n) is 7.60. The predicted octanol–water partition coefficient (Wildman–Crippen LogP) is 2.36. The first-order valence-electron chi connectivity index (χ1n) is 9.84. The molecular weight excluding hydrogens is 370 g/mol. The molecule has 8 heteroatoms. The zero-order valence-corrected chi connectivity index (χ0v) is 16.9. The van der Waals surface area contributed by atoms with Crippen LogP contribution < -0.4 is 15.6 Å². The maximum atomic E-state index is 12.7. The minimum atomic E-state index is -0.106. The Labute approximate surface area is 168 Å². The lowest BCUT2D eigenvalue weighted by molar-refractivity contribution is 0.0921. The summed E-state index contributed by atoms with van der Waals surface area (Å²) >= 11 is 0. The van der Waals surface area contributed by atoms with Crippen LogP contribution in [0.5, 0.6) is 5.88 Å². The first-order valence-corrected chi connectivity index (χ1v) is 9.84. The molecule has 1 aromatic carbocycles. The van der Waals surface area contributed by atoms with Gasteiger partial charge < -0.3 is 10.1 Å². The van der Waals surface area contributed by atoms with E-state index in [0.29, 0.717) is 11.4 Å². The number of amides is 1. The summed E-state index contributed by atoms with van der Waals surface area (Å²) in [6.07, 6.45) is 3.27. The standard InChI is InChI=1S/C21H25N5O3/c1-13-4-11-19(27)26(23-13)16-8-6-15(7-9-16)22-20(28)14-5-10-17-18(12-14)24-25(2)21(17)29-3/h4-5,10-12,15-16H,6-9H2,1-3H3,(H,22,28). The molecular formula is C21H25N5O3.